The second-order valence-corrected chi connectivity index (χ2v) is 13.2. The van der Waals surface area contributed by atoms with Gasteiger partial charge in [0.15, 0.2) is 0 Å². The normalized spacial score (nSPS) is 12.6. The van der Waals surface area contributed by atoms with Gasteiger partial charge in [-0.05, 0) is 32.1 Å². The molecule has 188 valence electrons. The minimum atomic E-state index is -2.36. The van der Waals surface area contributed by atoms with Crippen molar-refractivity contribution in [1.82, 2.24) is 0 Å². The molecule has 0 heterocycles. The predicted octanol–water partition coefficient (Wildman–Crippen LogP) is 7.59. The summed E-state index contributed by atoms with van der Waals surface area (Å²) in [7, 11) is 7.55. The fourth-order valence-electron chi connectivity index (χ4n) is 4.46. The molecular formula is C26H58NO3Si+. The maximum atomic E-state index is 5.50. The number of rotatable bonds is 24. The zero-order valence-corrected chi connectivity index (χ0v) is 23.3. The van der Waals surface area contributed by atoms with Gasteiger partial charge in [-0.3, -0.25) is 0 Å². The average Bonchev–Trinajstić information content (AvgIpc) is 2.77. The van der Waals surface area contributed by atoms with E-state index in [9.17, 15) is 0 Å². The third-order valence-electron chi connectivity index (χ3n) is 6.80. The van der Waals surface area contributed by atoms with Gasteiger partial charge in [0.1, 0.15) is 0 Å². The van der Waals surface area contributed by atoms with Gasteiger partial charge in [0.05, 0.1) is 27.2 Å². The van der Waals surface area contributed by atoms with E-state index < -0.39 is 8.80 Å². The molecule has 0 atom stereocenters. The molecule has 0 aromatic heterocycles. The third kappa shape index (κ3) is 18.2. The van der Waals surface area contributed by atoms with Gasteiger partial charge in [0.25, 0.3) is 0 Å². The summed E-state index contributed by atoms with van der Waals surface area (Å²) in [5.74, 6) is 0. The van der Waals surface area contributed by atoms with Crippen molar-refractivity contribution >= 4 is 8.80 Å². The molecule has 0 fully saturated rings. The van der Waals surface area contributed by atoms with E-state index in [1.807, 2.05) is 0 Å². The summed E-state index contributed by atoms with van der Waals surface area (Å²) in [6.45, 7) is 4.91. The molecule has 0 aliphatic rings. The molecule has 0 bridgehead atoms. The molecule has 0 spiro atoms. The zero-order valence-electron chi connectivity index (χ0n) is 22.3. The molecule has 0 aliphatic heterocycles. The van der Waals surface area contributed by atoms with Gasteiger partial charge in [0, 0.05) is 27.4 Å². The van der Waals surface area contributed by atoms with E-state index in [0.717, 1.165) is 12.5 Å². The van der Waals surface area contributed by atoms with Gasteiger partial charge in [-0.25, -0.2) is 0 Å². The number of unbranched alkanes of at least 4 members (excludes halogenated alkanes) is 15. The van der Waals surface area contributed by atoms with E-state index in [1.54, 1.807) is 21.3 Å². The van der Waals surface area contributed by atoms with Crippen LogP contribution in [0.15, 0.2) is 0 Å². The quantitative estimate of drug-likeness (QED) is 0.0843. The number of quaternary nitrogens is 1. The Balaban J connectivity index is 3.51. The first-order valence-corrected chi connectivity index (χ1v) is 15.4. The first-order chi connectivity index (χ1) is 14.9. The molecular weight excluding hydrogens is 402 g/mol. The van der Waals surface area contributed by atoms with Crippen molar-refractivity contribution in [3.63, 3.8) is 0 Å². The van der Waals surface area contributed by atoms with Crippen molar-refractivity contribution in [3.8, 4) is 0 Å². The van der Waals surface area contributed by atoms with Crippen LogP contribution in [-0.2, 0) is 13.3 Å². The molecule has 0 saturated carbocycles. The highest BCUT2D eigenvalue weighted by Gasteiger charge is 2.36. The van der Waals surface area contributed by atoms with Gasteiger partial charge < -0.3 is 17.8 Å². The minimum absolute atomic E-state index is 0.924. The van der Waals surface area contributed by atoms with Crippen LogP contribution >= 0.6 is 0 Å². The van der Waals surface area contributed by atoms with Crippen LogP contribution in [-0.4, -0.2) is 61.8 Å². The maximum Gasteiger partial charge on any atom is 0.500 e. The van der Waals surface area contributed by atoms with E-state index in [4.69, 9.17) is 13.3 Å². The fourth-order valence-corrected chi connectivity index (χ4v) is 6.26. The third-order valence-corrected chi connectivity index (χ3v) is 9.63. The van der Waals surface area contributed by atoms with Gasteiger partial charge in [-0.15, -0.1) is 0 Å². The van der Waals surface area contributed by atoms with E-state index in [2.05, 4.69) is 21.0 Å². The first-order valence-electron chi connectivity index (χ1n) is 13.4. The highest BCUT2D eigenvalue weighted by Crippen LogP contribution is 2.18. The summed E-state index contributed by atoms with van der Waals surface area (Å²) in [6.07, 6.45) is 23.6. The second-order valence-electron chi connectivity index (χ2n) is 10.1. The van der Waals surface area contributed by atoms with E-state index in [0.29, 0.717) is 0 Å². The summed E-state index contributed by atoms with van der Waals surface area (Å²) in [5, 5.41) is 0. The number of hydrogen-bond donors (Lipinski definition) is 0. The summed E-state index contributed by atoms with van der Waals surface area (Å²) >= 11 is 0. The second kappa shape index (κ2) is 20.6. The van der Waals surface area contributed by atoms with Crippen molar-refractivity contribution < 1.29 is 17.8 Å². The highest BCUT2D eigenvalue weighted by atomic mass is 28.4. The first kappa shape index (κ1) is 31.1. The lowest BCUT2D eigenvalue weighted by molar-refractivity contribution is -0.890. The minimum Gasteiger partial charge on any atom is -0.377 e. The Kier molecular flexibility index (Phi) is 20.7. The number of nitrogens with zero attached hydrogens (tertiary/aromatic N) is 1. The van der Waals surface area contributed by atoms with Crippen molar-refractivity contribution in [2.24, 2.45) is 0 Å². The van der Waals surface area contributed by atoms with Gasteiger partial charge >= 0.3 is 8.80 Å². The topological polar surface area (TPSA) is 27.7 Å². The lowest BCUT2D eigenvalue weighted by Gasteiger charge is -2.30. The Morgan fingerprint density at radius 1 is 0.484 bits per heavy atom. The van der Waals surface area contributed by atoms with Crippen LogP contribution in [0.4, 0.5) is 0 Å². The Morgan fingerprint density at radius 3 is 1.16 bits per heavy atom. The summed E-state index contributed by atoms with van der Waals surface area (Å²) in [4.78, 5) is 0. The maximum absolute atomic E-state index is 5.50. The Bertz CT molecular complexity index is 367. The lowest BCUT2D eigenvalue weighted by atomic mass is 10.0. The molecule has 0 radical (unpaired) electrons. The summed E-state index contributed by atoms with van der Waals surface area (Å²) < 4.78 is 17.7. The van der Waals surface area contributed by atoms with Crippen molar-refractivity contribution in [3.05, 3.63) is 0 Å². The Morgan fingerprint density at radius 2 is 0.806 bits per heavy atom. The standard InChI is InChI=1S/C26H58NO3Si/c1-7-8-9-10-11-12-13-14-15-16-17-18-21-24-27(2,3)25-22-19-20-23-26-31(28-4,29-5)30-6/h7-26H2,1-6H3/q+1. The summed E-state index contributed by atoms with van der Waals surface area (Å²) in [6, 6.07) is 0.924. The van der Waals surface area contributed by atoms with Crippen LogP contribution in [0.3, 0.4) is 0 Å². The molecule has 0 N–H and O–H groups in total. The molecule has 4 nitrogen and oxygen atoms in total. The Labute approximate surface area is 197 Å². The van der Waals surface area contributed by atoms with Crippen LogP contribution in [0.1, 0.15) is 116 Å². The predicted molar refractivity (Wildman–Crippen MR) is 138 cm³/mol. The molecule has 0 aromatic rings. The Hall–Kier alpha value is 0.0569. The lowest BCUT2D eigenvalue weighted by Crippen LogP contribution is -2.42. The van der Waals surface area contributed by atoms with Crippen LogP contribution in [0.25, 0.3) is 0 Å². The molecule has 0 aliphatic carbocycles. The molecule has 0 unspecified atom stereocenters. The molecule has 0 amide bonds. The van der Waals surface area contributed by atoms with Crippen LogP contribution in [0, 0.1) is 0 Å². The molecule has 0 rings (SSSR count). The van der Waals surface area contributed by atoms with Crippen LogP contribution in [0.2, 0.25) is 6.04 Å². The van der Waals surface area contributed by atoms with E-state index >= 15 is 0 Å². The van der Waals surface area contributed by atoms with Gasteiger partial charge in [0.2, 0.25) is 0 Å². The van der Waals surface area contributed by atoms with Gasteiger partial charge in [-0.1, -0.05) is 84.0 Å². The molecule has 5 heteroatoms. The zero-order chi connectivity index (χ0) is 23.3. The number of hydrogen-bond acceptors (Lipinski definition) is 3. The van der Waals surface area contributed by atoms with Crippen molar-refractivity contribution in [2.45, 2.75) is 122 Å². The highest BCUT2D eigenvalue weighted by molar-refractivity contribution is 6.60. The largest absolute Gasteiger partial charge is 0.500 e. The average molecular weight is 461 g/mol. The van der Waals surface area contributed by atoms with Crippen molar-refractivity contribution in [2.75, 3.05) is 48.5 Å². The smallest absolute Gasteiger partial charge is 0.377 e. The molecule has 0 aromatic carbocycles. The summed E-state index contributed by atoms with van der Waals surface area (Å²) in [5.41, 5.74) is 0. The molecule has 0 saturated heterocycles. The SMILES string of the molecule is CCCCCCCCCCCCCCC[N+](C)(C)CCCCCC[Si](OC)(OC)OC. The van der Waals surface area contributed by atoms with Crippen LogP contribution < -0.4 is 0 Å². The van der Waals surface area contributed by atoms with Gasteiger partial charge in [-0.2, -0.15) is 0 Å². The van der Waals surface area contributed by atoms with E-state index in [-0.39, 0.29) is 0 Å². The van der Waals surface area contributed by atoms with Crippen molar-refractivity contribution in [1.29, 1.82) is 0 Å². The van der Waals surface area contributed by atoms with E-state index in [1.165, 1.54) is 120 Å². The monoisotopic (exact) mass is 460 g/mol. The van der Waals surface area contributed by atoms with Crippen LogP contribution in [0.5, 0.6) is 0 Å². The fraction of sp³-hybridized carbons (Fsp3) is 1.00. The molecule has 31 heavy (non-hydrogen) atoms.